The van der Waals surface area contributed by atoms with Crippen molar-refractivity contribution in [1.29, 1.82) is 0 Å². The van der Waals surface area contributed by atoms with Crippen molar-refractivity contribution < 1.29 is 9.53 Å². The zero-order valence-corrected chi connectivity index (χ0v) is 18.7. The first-order chi connectivity index (χ1) is 15.6. The molecule has 0 radical (unpaired) electrons. The molecule has 32 heavy (non-hydrogen) atoms. The van der Waals surface area contributed by atoms with Gasteiger partial charge in [-0.3, -0.25) is 9.48 Å². The van der Waals surface area contributed by atoms with Crippen LogP contribution in [0.1, 0.15) is 5.56 Å². The molecule has 0 aliphatic rings. The van der Waals surface area contributed by atoms with Crippen molar-refractivity contribution in [3.05, 3.63) is 77.7 Å². The van der Waals surface area contributed by atoms with E-state index in [1.165, 1.54) is 0 Å². The Morgan fingerprint density at radius 2 is 1.94 bits per heavy atom. The number of nitrogens with zero attached hydrogens (tertiary/aromatic N) is 4. The van der Waals surface area contributed by atoms with E-state index in [1.54, 1.807) is 13.3 Å². The average molecular weight is 450 g/mol. The highest BCUT2D eigenvalue weighted by Crippen LogP contribution is 2.31. The molecular formula is C24H24ClN5O2. The number of benzene rings is 2. The first kappa shape index (κ1) is 21.6. The van der Waals surface area contributed by atoms with Crippen molar-refractivity contribution in [2.75, 3.05) is 13.7 Å². The van der Waals surface area contributed by atoms with Gasteiger partial charge >= 0.3 is 0 Å². The summed E-state index contributed by atoms with van der Waals surface area (Å²) in [6, 6.07) is 15.2. The number of imidazole rings is 1. The Kier molecular flexibility index (Phi) is 6.56. The van der Waals surface area contributed by atoms with E-state index >= 15 is 0 Å². The monoisotopic (exact) mass is 449 g/mol. The summed E-state index contributed by atoms with van der Waals surface area (Å²) in [4.78, 5) is 17.0. The fourth-order valence-corrected chi connectivity index (χ4v) is 3.74. The number of amides is 1. The van der Waals surface area contributed by atoms with Gasteiger partial charge in [0.05, 0.1) is 26.3 Å². The Morgan fingerprint density at radius 3 is 2.66 bits per heavy atom. The lowest BCUT2D eigenvalue weighted by molar-refractivity contribution is -0.120. The molecule has 1 N–H and O–H groups in total. The summed E-state index contributed by atoms with van der Waals surface area (Å²) in [6.45, 7) is 0.945. The van der Waals surface area contributed by atoms with Crippen LogP contribution < -0.4 is 10.1 Å². The summed E-state index contributed by atoms with van der Waals surface area (Å²) >= 11 is 6.06. The number of halogens is 1. The lowest BCUT2D eigenvalue weighted by atomic mass is 10.1. The van der Waals surface area contributed by atoms with E-state index in [1.807, 2.05) is 77.2 Å². The van der Waals surface area contributed by atoms with Crippen LogP contribution in [0.15, 0.2) is 67.1 Å². The first-order valence-electron chi connectivity index (χ1n) is 10.2. The lowest BCUT2D eigenvalue weighted by Crippen LogP contribution is -2.29. The number of methoxy groups -OCH3 is 1. The highest BCUT2D eigenvalue weighted by molar-refractivity contribution is 6.30. The quantitative estimate of drug-likeness (QED) is 0.441. The summed E-state index contributed by atoms with van der Waals surface area (Å²) in [6.07, 6.45) is 5.73. The Balaban J connectivity index is 1.51. The SMILES string of the molecule is COc1ccccc1CC(=O)NCCn1ncc(-c2ccc(Cl)cc2)c1-c1nccn1C. The van der Waals surface area contributed by atoms with Gasteiger partial charge in [0.1, 0.15) is 11.4 Å². The number of ether oxygens (including phenoxy) is 1. The van der Waals surface area contributed by atoms with E-state index < -0.39 is 0 Å². The minimum atomic E-state index is -0.0712. The van der Waals surface area contributed by atoms with Crippen LogP contribution in [0.4, 0.5) is 0 Å². The third-order valence-electron chi connectivity index (χ3n) is 5.22. The molecule has 0 bridgehead atoms. The van der Waals surface area contributed by atoms with E-state index in [0.29, 0.717) is 23.9 Å². The third-order valence-corrected chi connectivity index (χ3v) is 5.47. The second-order valence-corrected chi connectivity index (χ2v) is 7.77. The maximum atomic E-state index is 12.5. The molecule has 0 unspecified atom stereocenters. The predicted octanol–water partition coefficient (Wildman–Crippen LogP) is 3.97. The molecule has 0 atom stereocenters. The van der Waals surface area contributed by atoms with Crippen molar-refractivity contribution in [2.45, 2.75) is 13.0 Å². The van der Waals surface area contributed by atoms with E-state index in [0.717, 1.165) is 28.2 Å². The van der Waals surface area contributed by atoms with Crippen molar-refractivity contribution in [1.82, 2.24) is 24.6 Å². The van der Waals surface area contributed by atoms with Gasteiger partial charge in [-0.15, -0.1) is 0 Å². The van der Waals surface area contributed by atoms with E-state index in [4.69, 9.17) is 16.3 Å². The van der Waals surface area contributed by atoms with Gasteiger partial charge in [0.2, 0.25) is 5.91 Å². The van der Waals surface area contributed by atoms with Crippen molar-refractivity contribution in [3.63, 3.8) is 0 Å². The van der Waals surface area contributed by atoms with Crippen LogP contribution >= 0.6 is 11.6 Å². The standard InChI is InChI=1S/C24H24ClN5O2/c1-29-13-11-27-24(29)23-20(17-7-9-19(25)10-8-17)16-28-30(23)14-12-26-22(31)15-18-5-3-4-6-21(18)32-2/h3-11,13,16H,12,14-15H2,1-2H3,(H,26,31). The highest BCUT2D eigenvalue weighted by atomic mass is 35.5. The van der Waals surface area contributed by atoms with Gasteiger partial charge in [0, 0.05) is 42.1 Å². The Hall–Kier alpha value is -3.58. The molecule has 0 saturated carbocycles. The molecule has 0 spiro atoms. The van der Waals surface area contributed by atoms with Crippen molar-refractivity contribution in [3.8, 4) is 28.4 Å². The summed E-state index contributed by atoms with van der Waals surface area (Å²) in [7, 11) is 3.55. The average Bonchev–Trinajstić information content (AvgIpc) is 3.40. The number of para-hydroxylation sites is 1. The molecule has 0 aliphatic carbocycles. The Morgan fingerprint density at radius 1 is 1.16 bits per heavy atom. The number of aryl methyl sites for hydroxylation is 1. The number of hydrogen-bond donors (Lipinski definition) is 1. The lowest BCUT2D eigenvalue weighted by Gasteiger charge is -2.12. The van der Waals surface area contributed by atoms with Crippen molar-refractivity contribution >= 4 is 17.5 Å². The molecule has 0 aliphatic heterocycles. The Labute approximate surface area is 191 Å². The maximum absolute atomic E-state index is 12.5. The number of carbonyl (C=O) groups is 1. The van der Waals surface area contributed by atoms with E-state index in [9.17, 15) is 4.79 Å². The molecule has 2 aromatic heterocycles. The zero-order valence-electron chi connectivity index (χ0n) is 18.0. The minimum absolute atomic E-state index is 0.0712. The van der Waals surface area contributed by atoms with Gasteiger partial charge in [-0.1, -0.05) is 41.9 Å². The maximum Gasteiger partial charge on any atom is 0.224 e. The zero-order chi connectivity index (χ0) is 22.5. The van der Waals surface area contributed by atoms with Crippen LogP contribution in [0.2, 0.25) is 5.02 Å². The number of nitrogens with one attached hydrogen (secondary N) is 1. The molecule has 0 saturated heterocycles. The summed E-state index contributed by atoms with van der Waals surface area (Å²) < 4.78 is 9.15. The molecule has 164 valence electrons. The molecule has 7 nitrogen and oxygen atoms in total. The molecule has 2 heterocycles. The molecule has 0 fully saturated rings. The molecule has 4 aromatic rings. The van der Waals surface area contributed by atoms with Gasteiger partial charge in [0.15, 0.2) is 5.82 Å². The van der Waals surface area contributed by atoms with Gasteiger partial charge in [0.25, 0.3) is 0 Å². The normalized spacial score (nSPS) is 10.8. The van der Waals surface area contributed by atoms with Crippen LogP contribution in [0, 0.1) is 0 Å². The van der Waals surface area contributed by atoms with Crippen LogP contribution in [0.5, 0.6) is 5.75 Å². The smallest absolute Gasteiger partial charge is 0.224 e. The van der Waals surface area contributed by atoms with E-state index in [-0.39, 0.29) is 12.3 Å². The molecule has 2 aromatic carbocycles. The van der Waals surface area contributed by atoms with Gasteiger partial charge in [-0.2, -0.15) is 5.10 Å². The molecule has 1 amide bonds. The largest absolute Gasteiger partial charge is 0.496 e. The minimum Gasteiger partial charge on any atom is -0.496 e. The number of carbonyl (C=O) groups excluding carboxylic acids is 1. The molecule has 8 heteroatoms. The number of rotatable bonds is 8. The molecular weight excluding hydrogens is 426 g/mol. The fraction of sp³-hybridized carbons (Fsp3) is 0.208. The van der Waals surface area contributed by atoms with E-state index in [2.05, 4.69) is 15.4 Å². The second-order valence-electron chi connectivity index (χ2n) is 7.34. The van der Waals surface area contributed by atoms with Gasteiger partial charge < -0.3 is 14.6 Å². The fourth-order valence-electron chi connectivity index (χ4n) is 3.61. The predicted molar refractivity (Wildman–Crippen MR) is 125 cm³/mol. The topological polar surface area (TPSA) is 74.0 Å². The van der Waals surface area contributed by atoms with Crippen LogP contribution in [-0.2, 0) is 24.8 Å². The van der Waals surface area contributed by atoms with Crippen LogP contribution in [0.3, 0.4) is 0 Å². The number of hydrogen-bond acceptors (Lipinski definition) is 4. The first-order valence-corrected chi connectivity index (χ1v) is 10.6. The van der Waals surface area contributed by atoms with Crippen LogP contribution in [0.25, 0.3) is 22.6 Å². The number of aromatic nitrogens is 4. The summed E-state index contributed by atoms with van der Waals surface area (Å²) in [5.41, 5.74) is 3.69. The van der Waals surface area contributed by atoms with Gasteiger partial charge in [-0.25, -0.2) is 4.98 Å². The highest BCUT2D eigenvalue weighted by Gasteiger charge is 2.18. The second kappa shape index (κ2) is 9.70. The third kappa shape index (κ3) is 4.68. The van der Waals surface area contributed by atoms with Crippen LogP contribution in [-0.4, -0.2) is 38.9 Å². The van der Waals surface area contributed by atoms with Crippen molar-refractivity contribution in [2.24, 2.45) is 7.05 Å². The summed E-state index contributed by atoms with van der Waals surface area (Å²) in [5.74, 6) is 1.44. The van der Waals surface area contributed by atoms with Gasteiger partial charge in [-0.05, 0) is 23.8 Å². The summed E-state index contributed by atoms with van der Waals surface area (Å²) in [5, 5.41) is 8.23. The molecule has 4 rings (SSSR count). The Bertz CT molecular complexity index is 1210.